The van der Waals surface area contributed by atoms with Crippen LogP contribution in [0, 0.1) is 0 Å². The SMILES string of the molecule is CCCCCN1CC(=O)N2CC(c3ccc(OCCC)c(OCC)c3)c3c([nH]c4ccccc34)C2(C)C1=O. The van der Waals surface area contributed by atoms with Crippen molar-refractivity contribution in [2.45, 2.75) is 64.8 Å². The molecule has 202 valence electrons. The molecule has 2 aliphatic rings. The van der Waals surface area contributed by atoms with Gasteiger partial charge in [0.25, 0.3) is 5.91 Å². The van der Waals surface area contributed by atoms with Crippen LogP contribution in [-0.2, 0) is 15.1 Å². The van der Waals surface area contributed by atoms with Crippen LogP contribution in [0.15, 0.2) is 42.5 Å². The molecule has 3 heterocycles. The normalized spacial score (nSPS) is 21.0. The number of nitrogens with zero attached hydrogens (tertiary/aromatic N) is 2. The number of amides is 2. The molecule has 1 N–H and O–H groups in total. The van der Waals surface area contributed by atoms with E-state index in [0.29, 0.717) is 32.1 Å². The van der Waals surface area contributed by atoms with Gasteiger partial charge >= 0.3 is 0 Å². The summed E-state index contributed by atoms with van der Waals surface area (Å²) >= 11 is 0. The quantitative estimate of drug-likeness (QED) is 0.357. The maximum atomic E-state index is 14.1. The van der Waals surface area contributed by atoms with Crippen molar-refractivity contribution >= 4 is 22.7 Å². The maximum absolute atomic E-state index is 14.1. The van der Waals surface area contributed by atoms with Crippen LogP contribution in [0.3, 0.4) is 0 Å². The van der Waals surface area contributed by atoms with Gasteiger partial charge in [-0.1, -0.05) is 51.0 Å². The Hall–Kier alpha value is -3.48. The molecule has 2 aromatic carbocycles. The maximum Gasteiger partial charge on any atom is 0.254 e. The third-order valence-corrected chi connectivity index (χ3v) is 7.98. The highest BCUT2D eigenvalue weighted by Gasteiger charge is 2.56. The molecule has 0 bridgehead atoms. The minimum Gasteiger partial charge on any atom is -0.490 e. The largest absolute Gasteiger partial charge is 0.490 e. The van der Waals surface area contributed by atoms with Gasteiger partial charge in [0.15, 0.2) is 17.0 Å². The van der Waals surface area contributed by atoms with Crippen molar-refractivity contribution in [1.82, 2.24) is 14.8 Å². The second-order valence-corrected chi connectivity index (χ2v) is 10.5. The van der Waals surface area contributed by atoms with Crippen molar-refractivity contribution < 1.29 is 19.1 Å². The van der Waals surface area contributed by atoms with E-state index in [1.165, 1.54) is 0 Å². The van der Waals surface area contributed by atoms with Crippen LogP contribution in [0.1, 0.15) is 76.1 Å². The summed E-state index contributed by atoms with van der Waals surface area (Å²) in [4.78, 5) is 34.8. The van der Waals surface area contributed by atoms with E-state index in [1.807, 2.05) is 44.2 Å². The summed E-state index contributed by atoms with van der Waals surface area (Å²) in [5, 5.41) is 1.08. The van der Waals surface area contributed by atoms with Gasteiger partial charge < -0.3 is 24.3 Å². The fraction of sp³-hybridized carbons (Fsp3) is 0.484. The van der Waals surface area contributed by atoms with Crippen LogP contribution in [0.5, 0.6) is 11.5 Å². The molecule has 0 aliphatic carbocycles. The average Bonchev–Trinajstić information content (AvgIpc) is 3.32. The number of aromatic amines is 1. The predicted octanol–water partition coefficient (Wildman–Crippen LogP) is 5.58. The zero-order valence-electron chi connectivity index (χ0n) is 23.0. The first-order valence-corrected chi connectivity index (χ1v) is 14.0. The first-order valence-electron chi connectivity index (χ1n) is 14.0. The molecule has 38 heavy (non-hydrogen) atoms. The van der Waals surface area contributed by atoms with Gasteiger partial charge in [0.05, 0.1) is 25.5 Å². The summed E-state index contributed by atoms with van der Waals surface area (Å²) in [5.41, 5.74) is 2.84. The Kier molecular flexibility index (Phi) is 7.37. The average molecular weight is 518 g/mol. The fourth-order valence-corrected chi connectivity index (χ4v) is 6.05. The number of ether oxygens (including phenoxy) is 2. The van der Waals surface area contributed by atoms with Crippen molar-refractivity contribution in [3.05, 3.63) is 59.3 Å². The zero-order valence-corrected chi connectivity index (χ0v) is 23.0. The standard InChI is InChI=1S/C31H39N3O4/c1-5-8-11-16-33-20-27(35)34-19-23(21-14-15-25(38-17-6-2)26(18-21)37-7-3)28-22-12-9-10-13-24(22)32-29(28)31(34,4)30(33)36/h9-10,12-15,18,23,32H,5-8,11,16-17,19-20H2,1-4H3. The molecule has 1 saturated heterocycles. The van der Waals surface area contributed by atoms with Crippen molar-refractivity contribution in [3.63, 3.8) is 0 Å². The first-order chi connectivity index (χ1) is 18.4. The molecule has 0 saturated carbocycles. The van der Waals surface area contributed by atoms with E-state index in [0.717, 1.165) is 59.2 Å². The molecule has 1 fully saturated rings. The van der Waals surface area contributed by atoms with Crippen molar-refractivity contribution in [2.75, 3.05) is 32.8 Å². The van der Waals surface area contributed by atoms with Gasteiger partial charge in [-0.25, -0.2) is 0 Å². The fourth-order valence-electron chi connectivity index (χ4n) is 6.05. The summed E-state index contributed by atoms with van der Waals surface area (Å²) in [7, 11) is 0. The summed E-state index contributed by atoms with van der Waals surface area (Å²) in [6, 6.07) is 14.3. The number of carbonyl (C=O) groups is 2. The molecule has 1 aromatic heterocycles. The molecule has 5 rings (SSSR count). The lowest BCUT2D eigenvalue weighted by Crippen LogP contribution is -2.67. The van der Waals surface area contributed by atoms with E-state index in [2.05, 4.69) is 31.0 Å². The third-order valence-electron chi connectivity index (χ3n) is 7.98. The number of piperazine rings is 1. The number of nitrogens with one attached hydrogen (secondary N) is 1. The molecule has 0 spiro atoms. The molecule has 3 aromatic rings. The van der Waals surface area contributed by atoms with Crippen LogP contribution in [-0.4, -0.2) is 59.4 Å². The van der Waals surface area contributed by atoms with E-state index in [1.54, 1.807) is 9.80 Å². The van der Waals surface area contributed by atoms with Gasteiger partial charge in [-0.3, -0.25) is 9.59 Å². The lowest BCUT2D eigenvalue weighted by molar-refractivity contribution is -0.166. The molecule has 2 aliphatic heterocycles. The lowest BCUT2D eigenvalue weighted by Gasteiger charge is -2.51. The van der Waals surface area contributed by atoms with E-state index in [-0.39, 0.29) is 24.3 Å². The van der Waals surface area contributed by atoms with E-state index >= 15 is 0 Å². The Morgan fingerprint density at radius 1 is 1.00 bits per heavy atom. The molecule has 0 radical (unpaired) electrons. The van der Waals surface area contributed by atoms with Gasteiger partial charge in [0, 0.05) is 29.9 Å². The Morgan fingerprint density at radius 3 is 2.58 bits per heavy atom. The number of hydrogen-bond donors (Lipinski definition) is 1. The number of carbonyl (C=O) groups excluding carboxylic acids is 2. The van der Waals surface area contributed by atoms with Crippen LogP contribution in [0.4, 0.5) is 0 Å². The van der Waals surface area contributed by atoms with Crippen molar-refractivity contribution in [2.24, 2.45) is 0 Å². The third kappa shape index (κ3) is 4.32. The van der Waals surface area contributed by atoms with Crippen LogP contribution < -0.4 is 9.47 Å². The summed E-state index contributed by atoms with van der Waals surface area (Å²) in [6.45, 7) is 10.4. The molecular weight excluding hydrogens is 478 g/mol. The highest BCUT2D eigenvalue weighted by atomic mass is 16.5. The first kappa shape index (κ1) is 26.1. The number of benzene rings is 2. The van der Waals surface area contributed by atoms with E-state index in [4.69, 9.17) is 9.47 Å². The minimum atomic E-state index is -1.07. The van der Waals surface area contributed by atoms with Crippen molar-refractivity contribution in [1.29, 1.82) is 0 Å². The predicted molar refractivity (Wildman–Crippen MR) is 149 cm³/mol. The summed E-state index contributed by atoms with van der Waals surface area (Å²) in [5.74, 6) is 1.31. The second kappa shape index (κ2) is 10.7. The number of fused-ring (bicyclic) bond motifs is 5. The Balaban J connectivity index is 1.63. The van der Waals surface area contributed by atoms with Gasteiger partial charge in [-0.05, 0) is 56.0 Å². The topological polar surface area (TPSA) is 74.9 Å². The lowest BCUT2D eigenvalue weighted by atomic mass is 9.76. The van der Waals surface area contributed by atoms with Crippen molar-refractivity contribution in [3.8, 4) is 11.5 Å². The number of rotatable bonds is 10. The van der Waals surface area contributed by atoms with Gasteiger partial charge in [0.2, 0.25) is 5.91 Å². The molecule has 2 atom stereocenters. The highest BCUT2D eigenvalue weighted by molar-refractivity contribution is 6.01. The Labute approximate surface area is 225 Å². The minimum absolute atomic E-state index is 0.00206. The molecule has 7 nitrogen and oxygen atoms in total. The molecule has 2 amide bonds. The number of H-pyrrole nitrogens is 1. The number of para-hydroxylation sites is 1. The Bertz CT molecular complexity index is 1330. The smallest absolute Gasteiger partial charge is 0.254 e. The van der Waals surface area contributed by atoms with Crippen LogP contribution >= 0.6 is 0 Å². The zero-order chi connectivity index (χ0) is 26.9. The van der Waals surface area contributed by atoms with E-state index < -0.39 is 5.54 Å². The molecule has 7 heteroatoms. The van der Waals surface area contributed by atoms with Gasteiger partial charge in [0.1, 0.15) is 0 Å². The number of unbranched alkanes of at least 4 members (excludes halogenated alkanes) is 2. The molecular formula is C31H39N3O4. The van der Waals surface area contributed by atoms with Gasteiger partial charge in [-0.15, -0.1) is 0 Å². The van der Waals surface area contributed by atoms with Crippen LogP contribution in [0.2, 0.25) is 0 Å². The number of aromatic nitrogens is 1. The Morgan fingerprint density at radius 2 is 1.82 bits per heavy atom. The monoisotopic (exact) mass is 517 g/mol. The summed E-state index contributed by atoms with van der Waals surface area (Å²) in [6.07, 6.45) is 3.92. The summed E-state index contributed by atoms with van der Waals surface area (Å²) < 4.78 is 11.9. The van der Waals surface area contributed by atoms with Crippen LogP contribution in [0.25, 0.3) is 10.9 Å². The van der Waals surface area contributed by atoms with E-state index in [9.17, 15) is 9.59 Å². The van der Waals surface area contributed by atoms with Gasteiger partial charge in [-0.2, -0.15) is 0 Å². The highest BCUT2D eigenvalue weighted by Crippen LogP contribution is 2.49. The second-order valence-electron chi connectivity index (χ2n) is 10.5. The number of hydrogen-bond acceptors (Lipinski definition) is 4. The molecule has 2 unspecified atom stereocenters.